The van der Waals surface area contributed by atoms with Crippen molar-refractivity contribution in [2.45, 2.75) is 55.6 Å². The van der Waals surface area contributed by atoms with Crippen LogP contribution in [0.4, 0.5) is 0 Å². The minimum Gasteiger partial charge on any atom is -0.500 e. The molecule has 1 heterocycles. The highest BCUT2D eigenvalue weighted by Crippen LogP contribution is 2.35. The average molecular weight is 575 g/mol. The molecule has 0 aliphatic rings. The quantitative estimate of drug-likeness (QED) is 0.0799. The fourth-order valence-electron chi connectivity index (χ4n) is 3.85. The summed E-state index contributed by atoms with van der Waals surface area (Å²) in [7, 11) is 1.68. The summed E-state index contributed by atoms with van der Waals surface area (Å²) in [5.41, 5.74) is 2.45. The van der Waals surface area contributed by atoms with Crippen LogP contribution in [0.1, 0.15) is 55.5 Å². The molecule has 0 unspecified atom stereocenters. The number of aryl methyl sites for hydroxylation is 1. The Morgan fingerprint density at radius 2 is 1.58 bits per heavy atom. The Bertz CT molecular complexity index is 1180. The fourth-order valence-corrected chi connectivity index (χ4v) is 5.44. The highest BCUT2D eigenvalue weighted by molar-refractivity contribution is 7.98. The molecule has 3 rings (SSSR count). The Kier molecular flexibility index (Phi) is 12.8. The number of hydrogen-bond acceptors (Lipinski definition) is 5. The van der Waals surface area contributed by atoms with Gasteiger partial charge in [0.1, 0.15) is 11.3 Å². The number of aromatic nitrogens is 1. The number of carboxylic acid groups (broad SMARTS) is 1. The third-order valence-corrected chi connectivity index (χ3v) is 7.96. The van der Waals surface area contributed by atoms with Crippen molar-refractivity contribution in [3.63, 3.8) is 0 Å². The predicted molar refractivity (Wildman–Crippen MR) is 156 cm³/mol. The number of unbranched alkanes of at least 4 members (excludes halogenated alkanes) is 5. The van der Waals surface area contributed by atoms with Gasteiger partial charge in [-0.05, 0) is 61.2 Å². The minimum atomic E-state index is -1.08. The second-order valence-electron chi connectivity index (χ2n) is 8.78. The first-order chi connectivity index (χ1) is 18.5. The monoisotopic (exact) mass is 573 g/mol. The fraction of sp³-hybridized carbons (Fsp3) is 0.333. The van der Waals surface area contributed by atoms with Gasteiger partial charge < -0.3 is 14.6 Å². The molecule has 8 heteroatoms. The molecule has 38 heavy (non-hydrogen) atoms. The number of aliphatic carboxylic acids is 1. The van der Waals surface area contributed by atoms with Crippen LogP contribution in [-0.4, -0.2) is 29.8 Å². The van der Waals surface area contributed by atoms with Gasteiger partial charge in [0.25, 0.3) is 0 Å². The molecule has 5 nitrogen and oxygen atoms in total. The molecule has 0 bridgehead atoms. The predicted octanol–water partition coefficient (Wildman–Crippen LogP) is 8.71. The van der Waals surface area contributed by atoms with E-state index < -0.39 is 5.97 Å². The molecule has 0 fully saturated rings. The number of pyridine rings is 1. The summed E-state index contributed by atoms with van der Waals surface area (Å²) in [6, 6.07) is 18.9. The topological polar surface area (TPSA) is 68.7 Å². The number of halogens is 2. The van der Waals surface area contributed by atoms with Gasteiger partial charge in [0.2, 0.25) is 0 Å². The van der Waals surface area contributed by atoms with Gasteiger partial charge >= 0.3 is 5.97 Å². The Balaban J connectivity index is 1.37. The summed E-state index contributed by atoms with van der Waals surface area (Å²) < 4.78 is 10.8. The van der Waals surface area contributed by atoms with Crippen LogP contribution in [0.25, 0.3) is 5.57 Å². The van der Waals surface area contributed by atoms with E-state index in [1.165, 1.54) is 42.8 Å². The second-order valence-corrected chi connectivity index (χ2v) is 10.6. The van der Waals surface area contributed by atoms with Gasteiger partial charge in [0.05, 0.1) is 41.4 Å². The molecule has 3 aromatic rings. The molecule has 0 saturated heterocycles. The largest absolute Gasteiger partial charge is 0.500 e. The van der Waals surface area contributed by atoms with Crippen LogP contribution in [0.5, 0.6) is 5.75 Å². The van der Waals surface area contributed by atoms with E-state index in [2.05, 4.69) is 17.1 Å². The molecule has 2 aromatic carbocycles. The number of carbonyl (C=O) groups is 1. The molecular formula is C30H33Cl2NO4S. The van der Waals surface area contributed by atoms with Crippen molar-refractivity contribution < 1.29 is 19.4 Å². The van der Waals surface area contributed by atoms with Crippen LogP contribution in [0.2, 0.25) is 10.0 Å². The number of thioether (sulfide) groups is 1. The lowest BCUT2D eigenvalue weighted by Gasteiger charge is -2.08. The molecule has 0 aliphatic heterocycles. The third kappa shape index (κ3) is 9.90. The zero-order valence-electron chi connectivity index (χ0n) is 21.5. The first-order valence-corrected chi connectivity index (χ1v) is 14.4. The third-order valence-electron chi connectivity index (χ3n) is 5.93. The summed E-state index contributed by atoms with van der Waals surface area (Å²) in [4.78, 5) is 17.1. The maximum absolute atomic E-state index is 11.8. The maximum Gasteiger partial charge on any atom is 0.341 e. The van der Waals surface area contributed by atoms with Gasteiger partial charge in [-0.1, -0.05) is 73.2 Å². The Morgan fingerprint density at radius 1 is 0.921 bits per heavy atom. The van der Waals surface area contributed by atoms with E-state index in [1.54, 1.807) is 37.4 Å². The number of carboxylic acids is 1. The van der Waals surface area contributed by atoms with E-state index in [0.717, 1.165) is 42.0 Å². The molecular weight excluding hydrogens is 541 g/mol. The van der Waals surface area contributed by atoms with Gasteiger partial charge in [0, 0.05) is 10.6 Å². The van der Waals surface area contributed by atoms with E-state index in [0.29, 0.717) is 28.1 Å². The molecule has 0 spiro atoms. The smallest absolute Gasteiger partial charge is 0.341 e. The summed E-state index contributed by atoms with van der Waals surface area (Å²) in [5, 5.41) is 10.8. The maximum atomic E-state index is 11.8. The second kappa shape index (κ2) is 16.3. The number of benzene rings is 2. The molecule has 0 aliphatic carbocycles. The van der Waals surface area contributed by atoms with E-state index >= 15 is 0 Å². The molecule has 202 valence electrons. The highest BCUT2D eigenvalue weighted by Gasteiger charge is 2.14. The first-order valence-electron chi connectivity index (χ1n) is 12.7. The normalized spacial score (nSPS) is 11.4. The Hall–Kier alpha value is -2.67. The van der Waals surface area contributed by atoms with Crippen molar-refractivity contribution in [2.75, 3.05) is 13.7 Å². The minimum absolute atomic E-state index is 0.0335. The summed E-state index contributed by atoms with van der Waals surface area (Å²) in [6.45, 7) is 0.475. The van der Waals surface area contributed by atoms with Crippen LogP contribution in [0.15, 0.2) is 71.8 Å². The van der Waals surface area contributed by atoms with Gasteiger partial charge in [-0.25, -0.2) is 4.79 Å². The number of hydrogen-bond donors (Lipinski definition) is 1. The lowest BCUT2D eigenvalue weighted by atomic mass is 10.0. The van der Waals surface area contributed by atoms with Crippen LogP contribution >= 0.6 is 35.0 Å². The van der Waals surface area contributed by atoms with Crippen LogP contribution < -0.4 is 4.74 Å². The lowest BCUT2D eigenvalue weighted by Crippen LogP contribution is -2.04. The van der Waals surface area contributed by atoms with E-state index in [4.69, 9.17) is 32.7 Å². The number of rotatable bonds is 16. The van der Waals surface area contributed by atoms with E-state index in [-0.39, 0.29) is 5.57 Å². The van der Waals surface area contributed by atoms with E-state index in [1.807, 2.05) is 18.2 Å². The average Bonchev–Trinajstić information content (AvgIpc) is 2.92. The summed E-state index contributed by atoms with van der Waals surface area (Å²) >= 11 is 13.9. The van der Waals surface area contributed by atoms with Crippen LogP contribution in [0, 0.1) is 0 Å². The zero-order valence-corrected chi connectivity index (χ0v) is 23.8. The molecule has 1 aromatic heterocycles. The number of methoxy groups -OCH3 is 1. The molecule has 0 amide bonds. The summed E-state index contributed by atoms with van der Waals surface area (Å²) in [5.74, 6) is 0.319. The van der Waals surface area contributed by atoms with Gasteiger partial charge in [0.15, 0.2) is 0 Å². The molecule has 0 atom stereocenters. The lowest BCUT2D eigenvalue weighted by molar-refractivity contribution is -0.130. The van der Waals surface area contributed by atoms with Gasteiger partial charge in [-0.3, -0.25) is 4.98 Å². The molecule has 0 radical (unpaired) electrons. The van der Waals surface area contributed by atoms with Crippen molar-refractivity contribution in [1.82, 2.24) is 4.98 Å². The zero-order chi connectivity index (χ0) is 27.2. The van der Waals surface area contributed by atoms with E-state index in [9.17, 15) is 9.90 Å². The SMILES string of the molecule is COc1ccc(CCCCCCCCOC=C(C(=O)O)c2cccc(CSc3c(Cl)cccc3Cl)n2)cc1. The standard InChI is InChI=1S/C30H33Cl2NO4S/c1-36-24-17-15-22(16-18-24)10-6-4-2-3-5-7-19-37-20-25(30(34)35)28-14-8-11-23(33-28)21-38-29-26(31)12-9-13-27(29)32/h8-9,11-18,20H,2-7,10,19,21H2,1H3,(H,34,35). The first kappa shape index (κ1) is 29.9. The number of nitrogens with zero attached hydrogens (tertiary/aromatic N) is 1. The van der Waals surface area contributed by atoms with Crippen molar-refractivity contribution in [2.24, 2.45) is 0 Å². The van der Waals surface area contributed by atoms with Crippen molar-refractivity contribution in [3.05, 3.63) is 93.9 Å². The Morgan fingerprint density at radius 3 is 2.26 bits per heavy atom. The van der Waals surface area contributed by atoms with Crippen LogP contribution in [0.3, 0.4) is 0 Å². The molecule has 0 saturated carbocycles. The van der Waals surface area contributed by atoms with Crippen molar-refractivity contribution >= 4 is 46.5 Å². The Labute approximate surface area is 239 Å². The van der Waals surface area contributed by atoms with Crippen molar-refractivity contribution in [3.8, 4) is 5.75 Å². The highest BCUT2D eigenvalue weighted by atomic mass is 35.5. The van der Waals surface area contributed by atoms with Crippen molar-refractivity contribution in [1.29, 1.82) is 0 Å². The molecule has 1 N–H and O–H groups in total. The summed E-state index contributed by atoms with van der Waals surface area (Å²) in [6.07, 6.45) is 9.00. The van der Waals surface area contributed by atoms with Crippen LogP contribution in [-0.2, 0) is 21.7 Å². The van der Waals surface area contributed by atoms with Gasteiger partial charge in [-0.2, -0.15) is 0 Å². The number of ether oxygens (including phenoxy) is 2. The van der Waals surface area contributed by atoms with Gasteiger partial charge in [-0.15, -0.1) is 11.8 Å².